The van der Waals surface area contributed by atoms with E-state index in [0.29, 0.717) is 13.0 Å². The number of aryl methyl sites for hydroxylation is 3. The molecule has 0 saturated heterocycles. The van der Waals surface area contributed by atoms with Crippen molar-refractivity contribution >= 4 is 61.0 Å². The van der Waals surface area contributed by atoms with Crippen LogP contribution in [-0.4, -0.2) is 63.2 Å². The Hall–Kier alpha value is -2.81. The predicted octanol–water partition coefficient (Wildman–Crippen LogP) is 3.40. The number of pyridine rings is 1. The zero-order chi connectivity index (χ0) is 26.5. The van der Waals surface area contributed by atoms with Gasteiger partial charge in [0.05, 0.1) is 33.2 Å². The van der Waals surface area contributed by atoms with Gasteiger partial charge in [0.25, 0.3) is 5.91 Å². The number of aromatic nitrogens is 5. The quantitative estimate of drug-likeness (QED) is 0.328. The number of nitrogens with one attached hydrogen (secondary N) is 1. The molecule has 15 heteroatoms. The van der Waals surface area contributed by atoms with Crippen molar-refractivity contribution in [3.8, 4) is 5.75 Å². The Kier molecular flexibility index (Phi) is 6.85. The molecule has 37 heavy (non-hydrogen) atoms. The third-order valence-corrected chi connectivity index (χ3v) is 8.81. The highest BCUT2D eigenvalue weighted by Gasteiger charge is 2.39. The number of nitrogens with zero attached hydrogens (tertiary/aromatic N) is 6. The van der Waals surface area contributed by atoms with Crippen LogP contribution in [0.2, 0.25) is 5.15 Å². The molecule has 1 unspecified atom stereocenters. The molecule has 0 aromatic carbocycles. The Bertz CT molecular complexity index is 1610. The van der Waals surface area contributed by atoms with Crippen LogP contribution in [0.4, 0.5) is 5.82 Å². The summed E-state index contributed by atoms with van der Waals surface area (Å²) in [4.78, 5) is 30.6. The predicted molar refractivity (Wildman–Crippen MR) is 142 cm³/mol. The van der Waals surface area contributed by atoms with Crippen molar-refractivity contribution in [3.05, 3.63) is 49.3 Å². The van der Waals surface area contributed by atoms with Crippen molar-refractivity contribution in [2.24, 2.45) is 0 Å². The minimum absolute atomic E-state index is 0.0553. The zero-order valence-electron chi connectivity index (χ0n) is 20.5. The van der Waals surface area contributed by atoms with Gasteiger partial charge in [-0.1, -0.05) is 29.9 Å². The smallest absolute Gasteiger partial charge is 0.261 e. The molecular formula is C22H24ClN7O4S3. The van der Waals surface area contributed by atoms with Crippen molar-refractivity contribution in [1.82, 2.24) is 29.5 Å². The van der Waals surface area contributed by atoms with Gasteiger partial charge in [0.2, 0.25) is 15.0 Å². The van der Waals surface area contributed by atoms with Crippen molar-refractivity contribution in [1.29, 1.82) is 0 Å². The Morgan fingerprint density at radius 2 is 2.03 bits per heavy atom. The number of hydrogen-bond donors (Lipinski definition) is 1. The number of halogens is 1. The van der Waals surface area contributed by atoms with Crippen LogP contribution in [0.25, 0.3) is 4.96 Å². The second-order valence-electron chi connectivity index (χ2n) is 8.56. The van der Waals surface area contributed by atoms with Crippen LogP contribution in [-0.2, 0) is 27.7 Å². The van der Waals surface area contributed by atoms with Crippen molar-refractivity contribution in [2.45, 2.75) is 39.7 Å². The van der Waals surface area contributed by atoms with Gasteiger partial charge in [0.1, 0.15) is 16.9 Å². The lowest BCUT2D eigenvalue weighted by Crippen LogP contribution is -2.43. The normalized spacial score (nSPS) is 15.7. The van der Waals surface area contributed by atoms with E-state index in [1.165, 1.54) is 23.5 Å². The molecule has 1 atom stereocenters. The summed E-state index contributed by atoms with van der Waals surface area (Å²) >= 11 is 9.30. The van der Waals surface area contributed by atoms with E-state index >= 15 is 0 Å². The first-order valence-electron chi connectivity index (χ1n) is 11.4. The van der Waals surface area contributed by atoms with Crippen LogP contribution in [0.15, 0.2) is 12.1 Å². The first kappa shape index (κ1) is 25.8. The lowest BCUT2D eigenvalue weighted by molar-refractivity contribution is -0.135. The van der Waals surface area contributed by atoms with Gasteiger partial charge in [-0.2, -0.15) is 5.10 Å². The van der Waals surface area contributed by atoms with E-state index in [1.807, 2.05) is 18.4 Å². The molecule has 0 saturated carbocycles. The topological polar surface area (TPSA) is 132 Å². The second kappa shape index (κ2) is 9.82. The van der Waals surface area contributed by atoms with E-state index < -0.39 is 16.1 Å². The lowest BCUT2D eigenvalue weighted by atomic mass is 10.00. The molecule has 0 radical (unpaired) electrons. The number of carbonyl (C=O) groups is 1. The number of imidazole rings is 1. The summed E-state index contributed by atoms with van der Waals surface area (Å²) in [6, 6.07) is 2.49. The number of rotatable bonds is 7. The van der Waals surface area contributed by atoms with E-state index in [-0.39, 0.29) is 29.2 Å². The summed E-state index contributed by atoms with van der Waals surface area (Å²) in [6.45, 7) is 6.14. The van der Waals surface area contributed by atoms with Gasteiger partial charge in [-0.05, 0) is 32.4 Å². The Morgan fingerprint density at radius 3 is 2.70 bits per heavy atom. The maximum Gasteiger partial charge on any atom is 0.261 e. The van der Waals surface area contributed by atoms with E-state index in [9.17, 15) is 13.2 Å². The maximum atomic E-state index is 13.6. The van der Waals surface area contributed by atoms with Crippen LogP contribution in [0.1, 0.15) is 44.9 Å². The first-order chi connectivity index (χ1) is 17.5. The molecule has 0 bridgehead atoms. The number of sulfonamides is 1. The molecule has 196 valence electrons. The average Bonchev–Trinajstić information content (AvgIpc) is 3.47. The minimum Gasteiger partial charge on any atom is -0.481 e. The highest BCUT2D eigenvalue weighted by atomic mass is 35.5. The molecule has 1 N–H and O–H groups in total. The third kappa shape index (κ3) is 5.15. The SMILES string of the molecule is CCc1nc(C)c(C2c3c(nc4sc(C)nn34)CCN2C(=O)COc2ccc(NS(C)(=O)=O)nc2Cl)s1. The fourth-order valence-corrected chi connectivity index (χ4v) is 6.86. The fraction of sp³-hybridized carbons (Fsp3) is 0.409. The second-order valence-corrected chi connectivity index (χ2v) is 12.9. The van der Waals surface area contributed by atoms with Gasteiger partial charge >= 0.3 is 0 Å². The van der Waals surface area contributed by atoms with Gasteiger partial charge in [0, 0.05) is 13.0 Å². The third-order valence-electron chi connectivity index (χ3n) is 5.78. The molecule has 0 aliphatic carbocycles. The number of hydrogen-bond acceptors (Lipinski definition) is 10. The van der Waals surface area contributed by atoms with Crippen LogP contribution < -0.4 is 9.46 Å². The molecule has 4 aromatic rings. The molecule has 1 aliphatic heterocycles. The van der Waals surface area contributed by atoms with Gasteiger partial charge in [0.15, 0.2) is 17.5 Å². The fourth-order valence-electron chi connectivity index (χ4n) is 4.27. The number of carbonyl (C=O) groups excluding carboxylic acids is 1. The molecule has 0 fully saturated rings. The highest BCUT2D eigenvalue weighted by molar-refractivity contribution is 7.92. The molecule has 11 nitrogen and oxygen atoms in total. The van der Waals surface area contributed by atoms with E-state index in [1.54, 1.807) is 16.2 Å². The van der Waals surface area contributed by atoms with Crippen LogP contribution >= 0.6 is 34.3 Å². The largest absolute Gasteiger partial charge is 0.481 e. The molecular weight excluding hydrogens is 558 g/mol. The Labute approximate surface area is 226 Å². The van der Waals surface area contributed by atoms with E-state index in [2.05, 4.69) is 21.7 Å². The lowest BCUT2D eigenvalue weighted by Gasteiger charge is -2.34. The number of ether oxygens (including phenoxy) is 1. The van der Waals surface area contributed by atoms with Gasteiger partial charge in [-0.25, -0.2) is 27.9 Å². The number of anilines is 1. The van der Waals surface area contributed by atoms with Crippen molar-refractivity contribution < 1.29 is 17.9 Å². The summed E-state index contributed by atoms with van der Waals surface area (Å²) in [7, 11) is -3.51. The van der Waals surface area contributed by atoms with Crippen molar-refractivity contribution in [3.63, 3.8) is 0 Å². The Morgan fingerprint density at radius 1 is 1.24 bits per heavy atom. The van der Waals surface area contributed by atoms with E-state index in [0.717, 1.165) is 49.6 Å². The van der Waals surface area contributed by atoms with E-state index in [4.69, 9.17) is 26.3 Å². The maximum absolute atomic E-state index is 13.6. The standard InChI is InChI=1S/C22H24ClN7O4S3/c1-5-16-24-11(2)20(36-16)19-18-13(25-22-30(18)27-12(3)35-22)8-9-29(19)17(31)10-34-14-6-7-15(26-21(14)23)28-37(4,32)33/h6-7,19H,5,8-10H2,1-4H3,(H,26,28). The van der Waals surface area contributed by atoms with Crippen LogP contribution in [0, 0.1) is 13.8 Å². The minimum atomic E-state index is -3.51. The summed E-state index contributed by atoms with van der Waals surface area (Å²) in [5.74, 6) is -0.00395. The van der Waals surface area contributed by atoms with Crippen molar-refractivity contribution in [2.75, 3.05) is 24.1 Å². The molecule has 1 amide bonds. The molecule has 1 aliphatic rings. The van der Waals surface area contributed by atoms with Gasteiger partial charge in [-0.3, -0.25) is 9.52 Å². The summed E-state index contributed by atoms with van der Waals surface area (Å²) < 4.78 is 32.7. The number of thiazole rings is 1. The Balaban J connectivity index is 1.45. The molecule has 5 rings (SSSR count). The van der Waals surface area contributed by atoms with Crippen LogP contribution in [0.5, 0.6) is 5.75 Å². The molecule has 5 heterocycles. The summed E-state index contributed by atoms with van der Waals surface area (Å²) in [5, 5.41) is 6.50. The number of amides is 1. The monoisotopic (exact) mass is 581 g/mol. The van der Waals surface area contributed by atoms with Crippen LogP contribution in [0.3, 0.4) is 0 Å². The summed E-state index contributed by atoms with van der Waals surface area (Å²) in [6.07, 6.45) is 2.41. The first-order valence-corrected chi connectivity index (χ1v) is 15.3. The molecule has 0 spiro atoms. The zero-order valence-corrected chi connectivity index (χ0v) is 23.7. The number of fused-ring (bicyclic) bond motifs is 3. The van der Waals surface area contributed by atoms with Gasteiger partial charge < -0.3 is 9.64 Å². The van der Waals surface area contributed by atoms with Gasteiger partial charge in [-0.15, -0.1) is 11.3 Å². The summed E-state index contributed by atoms with van der Waals surface area (Å²) in [5.41, 5.74) is 2.69. The highest BCUT2D eigenvalue weighted by Crippen LogP contribution is 2.40. The average molecular weight is 582 g/mol. The molecule has 4 aromatic heterocycles.